The lowest BCUT2D eigenvalue weighted by Gasteiger charge is -2.34. The average molecular weight is 576 g/mol. The third kappa shape index (κ3) is 9.13. The van der Waals surface area contributed by atoms with Crippen LogP contribution < -0.4 is 14.8 Å². The third-order valence-electron chi connectivity index (χ3n) is 6.19. The number of benzene rings is 1. The van der Waals surface area contributed by atoms with Gasteiger partial charge in [0.2, 0.25) is 0 Å². The lowest BCUT2D eigenvalue weighted by Crippen LogP contribution is -2.47. The van der Waals surface area contributed by atoms with Gasteiger partial charge >= 0.3 is 0 Å². The Hall–Kier alpha value is -1.26. The summed E-state index contributed by atoms with van der Waals surface area (Å²) in [7, 11) is 3.43. The molecule has 2 fully saturated rings. The Balaban J connectivity index is 0.00000385. The van der Waals surface area contributed by atoms with Gasteiger partial charge in [-0.2, -0.15) is 0 Å². The van der Waals surface area contributed by atoms with Gasteiger partial charge in [0.1, 0.15) is 11.5 Å². The molecule has 8 heteroatoms. The normalized spacial score (nSPS) is 17.7. The zero-order chi connectivity index (χ0) is 22.6. The molecular formula is C25H42IN3O4. The lowest BCUT2D eigenvalue weighted by atomic mass is 10.1. The highest BCUT2D eigenvalue weighted by atomic mass is 127. The average Bonchev–Trinajstić information content (AvgIpc) is 3.33. The molecule has 1 aromatic carbocycles. The van der Waals surface area contributed by atoms with Crippen LogP contribution in [0.25, 0.3) is 0 Å². The van der Waals surface area contributed by atoms with Crippen molar-refractivity contribution >= 4 is 29.9 Å². The Kier molecular flexibility index (Phi) is 13.2. The summed E-state index contributed by atoms with van der Waals surface area (Å²) in [4.78, 5) is 7.31. The standard InChI is InChI=1S/C25H41N3O4.HI/c1-4-26-25(28-14-12-21(13-15-28)31-17-7-16-29-2)27-19-20-10-11-23(30-3)18-24(20)32-22-8-5-6-9-22;/h10-11,18,21-22H,4-9,12-17,19H2,1-3H3,(H,26,27);1H. The van der Waals surface area contributed by atoms with E-state index < -0.39 is 0 Å². The predicted octanol–water partition coefficient (Wildman–Crippen LogP) is 4.62. The van der Waals surface area contributed by atoms with Gasteiger partial charge in [-0.25, -0.2) is 4.99 Å². The molecule has 0 aromatic heterocycles. The molecular weight excluding hydrogens is 533 g/mol. The lowest BCUT2D eigenvalue weighted by molar-refractivity contribution is 0.00990. The number of guanidine groups is 1. The summed E-state index contributed by atoms with van der Waals surface area (Å²) in [5.41, 5.74) is 1.10. The third-order valence-corrected chi connectivity index (χ3v) is 6.19. The van der Waals surface area contributed by atoms with Crippen LogP contribution in [0.4, 0.5) is 0 Å². The topological polar surface area (TPSA) is 64.6 Å². The Bertz CT molecular complexity index is 705. The van der Waals surface area contributed by atoms with Gasteiger partial charge in [0.15, 0.2) is 5.96 Å². The molecule has 1 saturated heterocycles. The molecule has 1 aliphatic carbocycles. The highest BCUT2D eigenvalue weighted by Crippen LogP contribution is 2.30. The number of hydrogen-bond acceptors (Lipinski definition) is 5. The minimum Gasteiger partial charge on any atom is -0.497 e. The molecule has 0 atom stereocenters. The molecule has 7 nitrogen and oxygen atoms in total. The van der Waals surface area contributed by atoms with Gasteiger partial charge < -0.3 is 29.2 Å². The highest BCUT2D eigenvalue weighted by Gasteiger charge is 2.22. The zero-order valence-electron chi connectivity index (χ0n) is 20.5. The Labute approximate surface area is 216 Å². The van der Waals surface area contributed by atoms with E-state index in [2.05, 4.69) is 23.2 Å². The summed E-state index contributed by atoms with van der Waals surface area (Å²) in [6.45, 7) is 6.98. The van der Waals surface area contributed by atoms with Crippen LogP contribution in [0.15, 0.2) is 23.2 Å². The quantitative estimate of drug-likeness (QED) is 0.180. The molecule has 2 aliphatic rings. The molecule has 0 amide bonds. The van der Waals surface area contributed by atoms with Crippen LogP contribution in [0, 0.1) is 0 Å². The number of aliphatic imine (C=N–C) groups is 1. The fourth-order valence-corrected chi connectivity index (χ4v) is 4.36. The van der Waals surface area contributed by atoms with Gasteiger partial charge in [0, 0.05) is 51.6 Å². The van der Waals surface area contributed by atoms with E-state index in [1.807, 2.05) is 12.1 Å². The molecule has 0 radical (unpaired) electrons. The zero-order valence-corrected chi connectivity index (χ0v) is 22.8. The van der Waals surface area contributed by atoms with E-state index in [-0.39, 0.29) is 24.0 Å². The molecule has 188 valence electrons. The van der Waals surface area contributed by atoms with Crippen molar-refractivity contribution in [1.29, 1.82) is 0 Å². The largest absolute Gasteiger partial charge is 0.497 e. The first-order chi connectivity index (χ1) is 15.7. The number of piperidine rings is 1. The Morgan fingerprint density at radius 3 is 2.48 bits per heavy atom. The van der Waals surface area contributed by atoms with Crippen LogP contribution in [-0.4, -0.2) is 70.1 Å². The summed E-state index contributed by atoms with van der Waals surface area (Å²) in [6.07, 6.45) is 8.40. The number of hydrogen-bond donors (Lipinski definition) is 1. The first-order valence-corrected chi connectivity index (χ1v) is 12.2. The second-order valence-corrected chi connectivity index (χ2v) is 8.57. The van der Waals surface area contributed by atoms with E-state index in [0.29, 0.717) is 18.8 Å². The fourth-order valence-electron chi connectivity index (χ4n) is 4.36. The summed E-state index contributed by atoms with van der Waals surface area (Å²) >= 11 is 0. The minimum absolute atomic E-state index is 0. The first-order valence-electron chi connectivity index (χ1n) is 12.2. The molecule has 0 spiro atoms. The van der Waals surface area contributed by atoms with E-state index >= 15 is 0 Å². The number of ether oxygens (including phenoxy) is 4. The van der Waals surface area contributed by atoms with E-state index in [1.165, 1.54) is 12.8 Å². The smallest absolute Gasteiger partial charge is 0.194 e. The molecule has 1 aromatic rings. The van der Waals surface area contributed by atoms with E-state index in [0.717, 1.165) is 88.0 Å². The summed E-state index contributed by atoms with van der Waals surface area (Å²) in [6, 6.07) is 6.07. The van der Waals surface area contributed by atoms with Crippen molar-refractivity contribution in [3.05, 3.63) is 23.8 Å². The fraction of sp³-hybridized carbons (Fsp3) is 0.720. The van der Waals surface area contributed by atoms with Gasteiger partial charge in [0.05, 0.1) is 25.9 Å². The molecule has 1 N–H and O–H groups in total. The van der Waals surface area contributed by atoms with Crippen molar-refractivity contribution in [3.8, 4) is 11.5 Å². The van der Waals surface area contributed by atoms with Crippen molar-refractivity contribution in [2.24, 2.45) is 4.99 Å². The monoisotopic (exact) mass is 575 g/mol. The first kappa shape index (κ1) is 28.0. The van der Waals surface area contributed by atoms with Crippen LogP contribution in [0.5, 0.6) is 11.5 Å². The Morgan fingerprint density at radius 2 is 1.82 bits per heavy atom. The molecule has 3 rings (SSSR count). The van der Waals surface area contributed by atoms with Crippen LogP contribution >= 0.6 is 24.0 Å². The second-order valence-electron chi connectivity index (χ2n) is 8.57. The number of methoxy groups -OCH3 is 2. The summed E-state index contributed by atoms with van der Waals surface area (Å²) in [5, 5.41) is 3.47. The summed E-state index contributed by atoms with van der Waals surface area (Å²) in [5.74, 6) is 2.69. The number of nitrogens with one attached hydrogen (secondary N) is 1. The summed E-state index contributed by atoms with van der Waals surface area (Å²) < 4.78 is 22.9. The second kappa shape index (κ2) is 15.6. The van der Waals surface area contributed by atoms with Gasteiger partial charge in [0.25, 0.3) is 0 Å². The van der Waals surface area contributed by atoms with Crippen molar-refractivity contribution < 1.29 is 18.9 Å². The van der Waals surface area contributed by atoms with Crippen LogP contribution in [-0.2, 0) is 16.0 Å². The van der Waals surface area contributed by atoms with Crippen molar-refractivity contribution in [1.82, 2.24) is 10.2 Å². The van der Waals surface area contributed by atoms with E-state index in [9.17, 15) is 0 Å². The van der Waals surface area contributed by atoms with Gasteiger partial charge in [-0.05, 0) is 64.0 Å². The van der Waals surface area contributed by atoms with Gasteiger partial charge in [-0.15, -0.1) is 24.0 Å². The van der Waals surface area contributed by atoms with Crippen molar-refractivity contribution in [3.63, 3.8) is 0 Å². The molecule has 1 saturated carbocycles. The minimum atomic E-state index is 0. The van der Waals surface area contributed by atoms with Gasteiger partial charge in [-0.3, -0.25) is 0 Å². The maximum Gasteiger partial charge on any atom is 0.194 e. The molecule has 0 bridgehead atoms. The highest BCUT2D eigenvalue weighted by molar-refractivity contribution is 14.0. The predicted molar refractivity (Wildman–Crippen MR) is 143 cm³/mol. The van der Waals surface area contributed by atoms with Crippen molar-refractivity contribution in [2.45, 2.75) is 70.6 Å². The number of rotatable bonds is 11. The van der Waals surface area contributed by atoms with E-state index in [4.69, 9.17) is 23.9 Å². The molecule has 1 aliphatic heterocycles. The SMILES string of the molecule is CCNC(=NCc1ccc(OC)cc1OC1CCCC1)N1CCC(OCCCOC)CC1.I. The molecule has 33 heavy (non-hydrogen) atoms. The van der Waals surface area contributed by atoms with Crippen molar-refractivity contribution in [2.75, 3.05) is 47.1 Å². The van der Waals surface area contributed by atoms with Gasteiger partial charge in [-0.1, -0.05) is 0 Å². The maximum absolute atomic E-state index is 6.35. The number of likely N-dealkylation sites (tertiary alicyclic amines) is 1. The Morgan fingerprint density at radius 1 is 1.06 bits per heavy atom. The number of halogens is 1. The van der Waals surface area contributed by atoms with Crippen LogP contribution in [0.2, 0.25) is 0 Å². The van der Waals surface area contributed by atoms with E-state index in [1.54, 1.807) is 14.2 Å². The van der Waals surface area contributed by atoms with Crippen LogP contribution in [0.1, 0.15) is 57.4 Å². The van der Waals surface area contributed by atoms with Crippen LogP contribution in [0.3, 0.4) is 0 Å². The molecule has 0 unspecified atom stereocenters. The molecule has 1 heterocycles. The maximum atomic E-state index is 6.35. The number of nitrogens with zero attached hydrogens (tertiary/aromatic N) is 2.